The van der Waals surface area contributed by atoms with E-state index in [0.29, 0.717) is 29.2 Å². The molecule has 3 N–H and O–H groups in total. The zero-order chi connectivity index (χ0) is 24.6. The first-order valence-corrected chi connectivity index (χ1v) is 11.6. The molecule has 1 unspecified atom stereocenters. The molecule has 178 valence electrons. The van der Waals surface area contributed by atoms with Crippen LogP contribution in [0.4, 0.5) is 10.5 Å². The lowest BCUT2D eigenvalue weighted by molar-refractivity contribution is 0.0523. The maximum absolute atomic E-state index is 12.0. The molecule has 0 saturated carbocycles. The van der Waals surface area contributed by atoms with Gasteiger partial charge in [-0.15, -0.1) is 0 Å². The summed E-state index contributed by atoms with van der Waals surface area (Å²) in [6.07, 6.45) is 2.70. The molecule has 0 aliphatic rings. The highest BCUT2D eigenvalue weighted by Gasteiger charge is 2.17. The Morgan fingerprint density at radius 2 is 1.82 bits per heavy atom. The Labute approximate surface area is 206 Å². The van der Waals surface area contributed by atoms with E-state index in [1.54, 1.807) is 12.1 Å². The van der Waals surface area contributed by atoms with Crippen LogP contribution >= 0.6 is 11.6 Å². The standard InChI is InChI=1S/C28H31ClN2O3/c1-28(2,3)34-27(33)31-19-21-11-7-13-22(17-21)26(32)24-18-23(29)14-15-25(24)30-16-8-12-20-9-5-4-6-10-20/h4-15,17-18,26,30,32H,16,19H2,1-3H3,(H,31,33)/b12-8+. The highest BCUT2D eigenvalue weighted by molar-refractivity contribution is 6.30. The molecule has 0 aliphatic carbocycles. The van der Waals surface area contributed by atoms with Crippen LogP contribution in [0.25, 0.3) is 6.08 Å². The molecule has 0 aliphatic heterocycles. The van der Waals surface area contributed by atoms with Crippen molar-refractivity contribution in [2.45, 2.75) is 39.0 Å². The molecule has 0 radical (unpaired) electrons. The molecule has 5 nitrogen and oxygen atoms in total. The van der Waals surface area contributed by atoms with E-state index in [1.807, 2.05) is 93.6 Å². The van der Waals surface area contributed by atoms with Gasteiger partial charge in [-0.3, -0.25) is 0 Å². The highest BCUT2D eigenvalue weighted by atomic mass is 35.5. The minimum absolute atomic E-state index is 0.292. The number of benzene rings is 3. The molecule has 0 spiro atoms. The number of anilines is 1. The number of hydrogen-bond donors (Lipinski definition) is 3. The molecule has 0 fully saturated rings. The fourth-order valence-corrected chi connectivity index (χ4v) is 3.57. The van der Waals surface area contributed by atoms with Crippen molar-refractivity contribution < 1.29 is 14.6 Å². The predicted octanol–water partition coefficient (Wildman–Crippen LogP) is 6.57. The van der Waals surface area contributed by atoms with Gasteiger partial charge in [-0.05, 0) is 55.7 Å². The van der Waals surface area contributed by atoms with Gasteiger partial charge in [0.05, 0.1) is 0 Å². The zero-order valence-electron chi connectivity index (χ0n) is 19.7. The van der Waals surface area contributed by atoms with E-state index >= 15 is 0 Å². The first-order valence-electron chi connectivity index (χ1n) is 11.2. The van der Waals surface area contributed by atoms with Crippen molar-refractivity contribution in [1.82, 2.24) is 5.32 Å². The van der Waals surface area contributed by atoms with Gasteiger partial charge in [0.1, 0.15) is 11.7 Å². The highest BCUT2D eigenvalue weighted by Crippen LogP contribution is 2.31. The summed E-state index contributed by atoms with van der Waals surface area (Å²) in [6.45, 7) is 6.34. The number of aliphatic hydroxyl groups is 1. The number of carbonyl (C=O) groups excluding carboxylic acids is 1. The van der Waals surface area contributed by atoms with Crippen molar-refractivity contribution in [2.75, 3.05) is 11.9 Å². The number of alkyl carbamates (subject to hydrolysis) is 1. The molecule has 3 aromatic rings. The van der Waals surface area contributed by atoms with E-state index < -0.39 is 17.8 Å². The number of ether oxygens (including phenoxy) is 1. The summed E-state index contributed by atoms with van der Waals surface area (Å²) in [5.74, 6) is 0. The van der Waals surface area contributed by atoms with E-state index in [4.69, 9.17) is 16.3 Å². The Kier molecular flexibility index (Phi) is 8.74. The molecule has 34 heavy (non-hydrogen) atoms. The van der Waals surface area contributed by atoms with Gasteiger partial charge in [-0.25, -0.2) is 4.79 Å². The maximum atomic E-state index is 12.0. The van der Waals surface area contributed by atoms with Crippen molar-refractivity contribution in [3.05, 3.63) is 106 Å². The van der Waals surface area contributed by atoms with Crippen molar-refractivity contribution in [3.63, 3.8) is 0 Å². The minimum atomic E-state index is -0.888. The maximum Gasteiger partial charge on any atom is 0.407 e. The summed E-state index contributed by atoms with van der Waals surface area (Å²) >= 11 is 6.24. The molecule has 3 rings (SSSR count). The lowest BCUT2D eigenvalue weighted by Gasteiger charge is -2.20. The third-order valence-electron chi connectivity index (χ3n) is 4.93. The number of aliphatic hydroxyl groups excluding tert-OH is 1. The van der Waals surface area contributed by atoms with Crippen molar-refractivity contribution >= 4 is 29.5 Å². The smallest absolute Gasteiger partial charge is 0.407 e. The Hall–Kier alpha value is -3.28. The Morgan fingerprint density at radius 1 is 1.06 bits per heavy atom. The molecule has 0 bridgehead atoms. The SMILES string of the molecule is CC(C)(C)OC(=O)NCc1cccc(C(O)c2cc(Cl)ccc2NC/C=C/c2ccccc2)c1. The zero-order valence-corrected chi connectivity index (χ0v) is 20.5. The molecule has 0 heterocycles. The Morgan fingerprint density at radius 3 is 2.56 bits per heavy atom. The fraction of sp³-hybridized carbons (Fsp3) is 0.250. The van der Waals surface area contributed by atoms with Gasteiger partial charge >= 0.3 is 6.09 Å². The van der Waals surface area contributed by atoms with Gasteiger partial charge in [-0.2, -0.15) is 0 Å². The van der Waals surface area contributed by atoms with Crippen LogP contribution in [0.1, 0.15) is 49.1 Å². The van der Waals surface area contributed by atoms with E-state index in [1.165, 1.54) is 0 Å². The number of halogens is 1. The summed E-state index contributed by atoms with van der Waals surface area (Å²) in [4.78, 5) is 12.0. The quantitative estimate of drug-likeness (QED) is 0.342. The van der Waals surface area contributed by atoms with Gasteiger partial charge < -0.3 is 20.5 Å². The molecular formula is C28H31ClN2O3. The van der Waals surface area contributed by atoms with E-state index in [0.717, 1.165) is 16.8 Å². The third kappa shape index (κ3) is 7.94. The number of carbonyl (C=O) groups is 1. The summed E-state index contributed by atoms with van der Waals surface area (Å²) in [5, 5.41) is 17.8. The van der Waals surface area contributed by atoms with Crippen molar-refractivity contribution in [3.8, 4) is 0 Å². The van der Waals surface area contributed by atoms with Gasteiger partial charge in [-0.1, -0.05) is 78.4 Å². The average molecular weight is 479 g/mol. The normalized spacial score (nSPS) is 12.4. The molecule has 1 amide bonds. The topological polar surface area (TPSA) is 70.6 Å². The first-order chi connectivity index (χ1) is 16.2. The number of hydrogen-bond acceptors (Lipinski definition) is 4. The summed E-state index contributed by atoms with van der Waals surface area (Å²) in [5.41, 5.74) is 3.59. The van der Waals surface area contributed by atoms with Gasteiger partial charge in [0.15, 0.2) is 0 Å². The van der Waals surface area contributed by atoms with Crippen LogP contribution in [-0.2, 0) is 11.3 Å². The Bertz CT molecular complexity index is 1120. The number of rotatable bonds is 8. The van der Waals surface area contributed by atoms with Crippen LogP contribution < -0.4 is 10.6 Å². The molecule has 6 heteroatoms. The van der Waals surface area contributed by atoms with Gasteiger partial charge in [0.2, 0.25) is 0 Å². The second-order valence-electron chi connectivity index (χ2n) is 8.93. The summed E-state index contributed by atoms with van der Waals surface area (Å²) in [6, 6.07) is 22.9. The number of nitrogens with one attached hydrogen (secondary N) is 2. The summed E-state index contributed by atoms with van der Waals surface area (Å²) in [7, 11) is 0. The lowest BCUT2D eigenvalue weighted by Crippen LogP contribution is -2.32. The van der Waals surface area contributed by atoms with Crippen LogP contribution in [0.5, 0.6) is 0 Å². The minimum Gasteiger partial charge on any atom is -0.444 e. The molecular weight excluding hydrogens is 448 g/mol. The third-order valence-corrected chi connectivity index (χ3v) is 5.17. The second-order valence-corrected chi connectivity index (χ2v) is 9.36. The van der Waals surface area contributed by atoms with Crippen LogP contribution in [-0.4, -0.2) is 23.3 Å². The van der Waals surface area contributed by atoms with E-state index in [-0.39, 0.29) is 0 Å². The van der Waals surface area contributed by atoms with Crippen LogP contribution in [0.2, 0.25) is 5.02 Å². The van der Waals surface area contributed by atoms with E-state index in [2.05, 4.69) is 10.6 Å². The average Bonchev–Trinajstić information content (AvgIpc) is 2.80. The molecule has 1 atom stereocenters. The fourth-order valence-electron chi connectivity index (χ4n) is 3.39. The molecule has 0 aromatic heterocycles. The monoisotopic (exact) mass is 478 g/mol. The van der Waals surface area contributed by atoms with Crippen LogP contribution in [0, 0.1) is 0 Å². The van der Waals surface area contributed by atoms with Crippen molar-refractivity contribution in [2.24, 2.45) is 0 Å². The molecule has 0 saturated heterocycles. The van der Waals surface area contributed by atoms with Crippen LogP contribution in [0.15, 0.2) is 78.9 Å². The van der Waals surface area contributed by atoms with Gasteiger partial charge in [0, 0.05) is 29.4 Å². The Balaban J connectivity index is 1.69. The van der Waals surface area contributed by atoms with Gasteiger partial charge in [0.25, 0.3) is 0 Å². The largest absolute Gasteiger partial charge is 0.444 e. The second kappa shape index (κ2) is 11.7. The van der Waals surface area contributed by atoms with E-state index in [9.17, 15) is 9.90 Å². The predicted molar refractivity (Wildman–Crippen MR) is 139 cm³/mol. The summed E-state index contributed by atoms with van der Waals surface area (Å²) < 4.78 is 5.28. The van der Waals surface area contributed by atoms with Crippen molar-refractivity contribution in [1.29, 1.82) is 0 Å². The van der Waals surface area contributed by atoms with Crippen LogP contribution in [0.3, 0.4) is 0 Å². The molecule has 3 aromatic carbocycles. The first kappa shape index (κ1) is 25.3. The number of amides is 1. The lowest BCUT2D eigenvalue weighted by atomic mass is 9.98.